The third-order valence-corrected chi connectivity index (χ3v) is 2.52. The summed E-state index contributed by atoms with van der Waals surface area (Å²) in [7, 11) is 0. The number of carbonyl (C=O) groups is 1. The summed E-state index contributed by atoms with van der Waals surface area (Å²) in [5.41, 5.74) is 2.06. The van der Waals surface area contributed by atoms with Crippen LogP contribution in [0.2, 0.25) is 0 Å². The molecule has 0 bridgehead atoms. The minimum Gasteiger partial charge on any atom is -0.338 e. The van der Waals surface area contributed by atoms with Crippen LogP contribution in [0.1, 0.15) is 18.4 Å². The van der Waals surface area contributed by atoms with Crippen molar-refractivity contribution in [3.8, 4) is 11.4 Å². The van der Waals surface area contributed by atoms with Crippen LogP contribution in [0.3, 0.4) is 0 Å². The van der Waals surface area contributed by atoms with Crippen LogP contribution in [-0.2, 0) is 6.54 Å². The van der Waals surface area contributed by atoms with Crippen molar-refractivity contribution in [2.75, 3.05) is 6.54 Å². The fraction of sp³-hybridized carbons (Fsp3) is 0.308. The first-order chi connectivity index (χ1) is 9.19. The number of nitrogens with zero attached hydrogens (tertiary/aromatic N) is 2. The molecule has 6 nitrogen and oxygen atoms in total. The predicted molar refractivity (Wildman–Crippen MR) is 70.4 cm³/mol. The van der Waals surface area contributed by atoms with E-state index in [0.717, 1.165) is 5.56 Å². The van der Waals surface area contributed by atoms with Gasteiger partial charge in [0.05, 0.1) is 6.54 Å². The number of rotatable bonds is 4. The number of aryl methyl sites for hydroxylation is 1. The molecule has 0 saturated heterocycles. The van der Waals surface area contributed by atoms with Crippen molar-refractivity contribution in [3.05, 3.63) is 35.7 Å². The second kappa shape index (κ2) is 5.99. The Morgan fingerprint density at radius 3 is 2.68 bits per heavy atom. The van der Waals surface area contributed by atoms with Gasteiger partial charge in [0.25, 0.3) is 0 Å². The number of hydrogen-bond donors (Lipinski definition) is 2. The molecule has 0 aliphatic heterocycles. The Labute approximate surface area is 111 Å². The van der Waals surface area contributed by atoms with Crippen molar-refractivity contribution in [2.45, 2.75) is 20.4 Å². The summed E-state index contributed by atoms with van der Waals surface area (Å²) in [5.74, 6) is 0.898. The molecule has 1 aromatic carbocycles. The molecular formula is C13H16N4O2. The largest absolute Gasteiger partial charge is 0.338 e. The smallest absolute Gasteiger partial charge is 0.315 e. The summed E-state index contributed by atoms with van der Waals surface area (Å²) in [5, 5.41) is 9.13. The Kier molecular flexibility index (Phi) is 4.12. The SMILES string of the molecule is CCNC(=O)NCc1nc(-c2ccc(C)cc2)no1. The third-order valence-electron chi connectivity index (χ3n) is 2.52. The van der Waals surface area contributed by atoms with Gasteiger partial charge in [-0.1, -0.05) is 35.0 Å². The van der Waals surface area contributed by atoms with Crippen LogP contribution in [0, 0.1) is 6.92 Å². The van der Waals surface area contributed by atoms with Gasteiger partial charge in [-0.25, -0.2) is 4.79 Å². The van der Waals surface area contributed by atoms with E-state index >= 15 is 0 Å². The zero-order valence-corrected chi connectivity index (χ0v) is 10.9. The highest BCUT2D eigenvalue weighted by atomic mass is 16.5. The van der Waals surface area contributed by atoms with Gasteiger partial charge in [-0.05, 0) is 13.8 Å². The maximum atomic E-state index is 11.2. The number of amides is 2. The molecule has 2 aromatic rings. The van der Waals surface area contributed by atoms with E-state index in [9.17, 15) is 4.79 Å². The van der Waals surface area contributed by atoms with Gasteiger partial charge in [0.1, 0.15) is 0 Å². The number of nitrogens with one attached hydrogen (secondary N) is 2. The van der Waals surface area contributed by atoms with Crippen molar-refractivity contribution in [1.82, 2.24) is 20.8 Å². The van der Waals surface area contributed by atoms with E-state index in [2.05, 4.69) is 20.8 Å². The maximum absolute atomic E-state index is 11.2. The van der Waals surface area contributed by atoms with Crippen LogP contribution in [0.15, 0.2) is 28.8 Å². The third kappa shape index (κ3) is 3.54. The molecule has 0 aliphatic carbocycles. The number of benzene rings is 1. The minimum atomic E-state index is -0.252. The van der Waals surface area contributed by atoms with E-state index in [1.54, 1.807) is 0 Å². The summed E-state index contributed by atoms with van der Waals surface area (Å²) in [6, 6.07) is 7.58. The molecule has 19 heavy (non-hydrogen) atoms. The molecule has 0 spiro atoms. The summed E-state index contributed by atoms with van der Waals surface area (Å²) in [6.07, 6.45) is 0. The van der Waals surface area contributed by atoms with Gasteiger partial charge >= 0.3 is 6.03 Å². The van der Waals surface area contributed by atoms with Crippen LogP contribution in [0.4, 0.5) is 4.79 Å². The average Bonchev–Trinajstić information content (AvgIpc) is 2.86. The number of urea groups is 1. The highest BCUT2D eigenvalue weighted by Gasteiger charge is 2.09. The molecule has 100 valence electrons. The Morgan fingerprint density at radius 1 is 1.26 bits per heavy atom. The van der Waals surface area contributed by atoms with Crippen molar-refractivity contribution in [2.24, 2.45) is 0 Å². The Hall–Kier alpha value is -2.37. The Balaban J connectivity index is 1.99. The van der Waals surface area contributed by atoms with E-state index in [4.69, 9.17) is 4.52 Å². The summed E-state index contributed by atoms with van der Waals surface area (Å²) >= 11 is 0. The molecule has 6 heteroatoms. The lowest BCUT2D eigenvalue weighted by molar-refractivity contribution is 0.239. The summed E-state index contributed by atoms with van der Waals surface area (Å²) in [4.78, 5) is 15.4. The molecule has 0 aliphatic rings. The van der Waals surface area contributed by atoms with Gasteiger partial charge in [-0.2, -0.15) is 4.98 Å². The molecule has 0 saturated carbocycles. The van der Waals surface area contributed by atoms with Gasteiger partial charge in [0, 0.05) is 12.1 Å². The fourth-order valence-electron chi connectivity index (χ4n) is 1.53. The van der Waals surface area contributed by atoms with Crippen LogP contribution in [-0.4, -0.2) is 22.7 Å². The Morgan fingerprint density at radius 2 is 2.00 bits per heavy atom. The Bertz CT molecular complexity index is 548. The number of hydrogen-bond acceptors (Lipinski definition) is 4. The van der Waals surface area contributed by atoms with Gasteiger partial charge in [-0.3, -0.25) is 0 Å². The average molecular weight is 260 g/mol. The van der Waals surface area contributed by atoms with Gasteiger partial charge in [-0.15, -0.1) is 0 Å². The molecule has 0 radical (unpaired) electrons. The molecule has 1 aromatic heterocycles. The lowest BCUT2D eigenvalue weighted by atomic mass is 10.1. The van der Waals surface area contributed by atoms with Crippen LogP contribution < -0.4 is 10.6 Å². The van der Waals surface area contributed by atoms with Crippen molar-refractivity contribution in [1.29, 1.82) is 0 Å². The lowest BCUT2D eigenvalue weighted by Gasteiger charge is -2.01. The highest BCUT2D eigenvalue weighted by molar-refractivity contribution is 5.73. The van der Waals surface area contributed by atoms with E-state index in [-0.39, 0.29) is 12.6 Å². The molecule has 2 amide bonds. The van der Waals surface area contributed by atoms with E-state index < -0.39 is 0 Å². The van der Waals surface area contributed by atoms with Crippen LogP contribution in [0.25, 0.3) is 11.4 Å². The number of carbonyl (C=O) groups excluding carboxylic acids is 1. The van der Waals surface area contributed by atoms with Crippen molar-refractivity contribution >= 4 is 6.03 Å². The van der Waals surface area contributed by atoms with Gasteiger partial charge in [0.2, 0.25) is 11.7 Å². The lowest BCUT2D eigenvalue weighted by Crippen LogP contribution is -2.34. The zero-order valence-electron chi connectivity index (χ0n) is 10.9. The highest BCUT2D eigenvalue weighted by Crippen LogP contribution is 2.16. The van der Waals surface area contributed by atoms with Crippen molar-refractivity contribution < 1.29 is 9.32 Å². The summed E-state index contributed by atoms with van der Waals surface area (Å²) in [6.45, 7) is 4.65. The van der Waals surface area contributed by atoms with Crippen LogP contribution in [0.5, 0.6) is 0 Å². The topological polar surface area (TPSA) is 80.0 Å². The second-order valence-electron chi connectivity index (χ2n) is 4.09. The molecular weight excluding hydrogens is 244 g/mol. The monoisotopic (exact) mass is 260 g/mol. The first-order valence-corrected chi connectivity index (χ1v) is 6.10. The fourth-order valence-corrected chi connectivity index (χ4v) is 1.53. The van der Waals surface area contributed by atoms with E-state index in [1.165, 1.54) is 5.56 Å². The molecule has 1 heterocycles. The normalized spacial score (nSPS) is 10.2. The maximum Gasteiger partial charge on any atom is 0.315 e. The van der Waals surface area contributed by atoms with Gasteiger partial charge in [0.15, 0.2) is 0 Å². The standard InChI is InChI=1S/C13H16N4O2/c1-3-14-13(18)15-8-11-16-12(17-19-11)10-6-4-9(2)5-7-10/h4-7H,3,8H2,1-2H3,(H2,14,15,18). The predicted octanol–water partition coefficient (Wildman–Crippen LogP) is 1.86. The quantitative estimate of drug-likeness (QED) is 0.879. The second-order valence-corrected chi connectivity index (χ2v) is 4.09. The molecule has 2 N–H and O–H groups in total. The first kappa shape index (κ1) is 13.1. The first-order valence-electron chi connectivity index (χ1n) is 6.10. The van der Waals surface area contributed by atoms with Gasteiger partial charge < -0.3 is 15.2 Å². The van der Waals surface area contributed by atoms with E-state index in [0.29, 0.717) is 18.3 Å². The minimum absolute atomic E-state index is 0.213. The zero-order chi connectivity index (χ0) is 13.7. The number of aromatic nitrogens is 2. The van der Waals surface area contributed by atoms with Crippen LogP contribution >= 0.6 is 0 Å². The van der Waals surface area contributed by atoms with E-state index in [1.807, 2.05) is 38.1 Å². The molecule has 0 fully saturated rings. The summed E-state index contributed by atoms with van der Waals surface area (Å²) < 4.78 is 5.07. The molecule has 0 unspecified atom stereocenters. The molecule has 0 atom stereocenters. The molecule has 2 rings (SSSR count). The van der Waals surface area contributed by atoms with Crippen molar-refractivity contribution in [3.63, 3.8) is 0 Å².